The van der Waals surface area contributed by atoms with Crippen molar-refractivity contribution >= 4 is 6.03 Å². The predicted octanol–water partition coefficient (Wildman–Crippen LogP) is -3.28. The number of aliphatic hydroxyl groups is 4. The first-order chi connectivity index (χ1) is 7.47. The molecule has 0 aromatic rings. The minimum Gasteiger partial charge on any atom is -0.388 e. The summed E-state index contributed by atoms with van der Waals surface area (Å²) in [5, 5.41) is 41.8. The van der Waals surface area contributed by atoms with Crippen LogP contribution in [0.4, 0.5) is 4.79 Å². The average Bonchev–Trinajstić information content (AvgIpc) is 2.28. The number of hydrogen-bond donors (Lipinski definition) is 6. The van der Waals surface area contributed by atoms with Crippen LogP contribution in [0.3, 0.4) is 0 Å². The van der Waals surface area contributed by atoms with E-state index in [1.807, 2.05) is 0 Å². The van der Waals surface area contributed by atoms with E-state index in [4.69, 9.17) is 4.74 Å². The third-order valence-electron chi connectivity index (χ3n) is 2.38. The Bertz CT molecular complexity index is 251. The molecule has 8 nitrogen and oxygen atoms in total. The number of urea groups is 1. The molecule has 0 spiro atoms. The quantitative estimate of drug-likeness (QED) is 0.298. The standard InChI is InChI=1S/C8H16N2O6/c1-9-8(15)10-2-3-4(11)5(12)6(13)7(14)16-3/h3-7,11-14H,2H2,1H3,(H2,9,10,15)/t3-,4+,5+,6-,7?/m1/s1. The first-order valence-corrected chi connectivity index (χ1v) is 4.80. The maximum Gasteiger partial charge on any atom is 0.314 e. The molecule has 1 heterocycles. The lowest BCUT2D eigenvalue weighted by molar-refractivity contribution is -0.279. The topological polar surface area (TPSA) is 131 Å². The second-order valence-electron chi connectivity index (χ2n) is 3.50. The van der Waals surface area contributed by atoms with Crippen LogP contribution in [-0.2, 0) is 4.74 Å². The van der Waals surface area contributed by atoms with Crippen molar-refractivity contribution in [3.63, 3.8) is 0 Å². The minimum atomic E-state index is -1.59. The number of hydrogen-bond acceptors (Lipinski definition) is 6. The SMILES string of the molecule is CNC(=O)NC[C@H]1OC(O)[C@H](O)[C@@H](O)[C@H]1O. The van der Waals surface area contributed by atoms with Crippen molar-refractivity contribution in [3.8, 4) is 0 Å². The van der Waals surface area contributed by atoms with Crippen LogP contribution in [0.2, 0.25) is 0 Å². The highest BCUT2D eigenvalue weighted by Crippen LogP contribution is 2.19. The minimum absolute atomic E-state index is 0.0956. The molecule has 1 aliphatic heterocycles. The largest absolute Gasteiger partial charge is 0.388 e. The molecule has 16 heavy (non-hydrogen) atoms. The first kappa shape index (κ1) is 13.1. The number of ether oxygens (including phenoxy) is 1. The van der Waals surface area contributed by atoms with Gasteiger partial charge in [-0.1, -0.05) is 0 Å². The van der Waals surface area contributed by atoms with Crippen molar-refractivity contribution in [2.75, 3.05) is 13.6 Å². The van der Waals surface area contributed by atoms with E-state index in [1.165, 1.54) is 7.05 Å². The van der Waals surface area contributed by atoms with E-state index < -0.39 is 36.7 Å². The highest BCUT2D eigenvalue weighted by molar-refractivity contribution is 5.73. The van der Waals surface area contributed by atoms with Gasteiger partial charge in [0.15, 0.2) is 6.29 Å². The van der Waals surface area contributed by atoms with Gasteiger partial charge in [0, 0.05) is 13.6 Å². The number of carbonyl (C=O) groups is 1. The fourth-order valence-corrected chi connectivity index (χ4v) is 1.38. The summed E-state index contributed by atoms with van der Waals surface area (Å²) in [6.07, 6.45) is -7.03. The summed E-state index contributed by atoms with van der Waals surface area (Å²) in [6, 6.07) is -0.481. The molecule has 6 N–H and O–H groups in total. The Hall–Kier alpha value is -0.930. The van der Waals surface area contributed by atoms with E-state index in [-0.39, 0.29) is 6.54 Å². The normalized spacial score (nSPS) is 39.2. The molecule has 1 fully saturated rings. The Morgan fingerprint density at radius 2 is 1.81 bits per heavy atom. The summed E-state index contributed by atoms with van der Waals surface area (Å²) in [7, 11) is 1.42. The third kappa shape index (κ3) is 2.80. The Labute approximate surface area is 91.8 Å². The lowest BCUT2D eigenvalue weighted by Crippen LogP contribution is -2.60. The molecule has 1 aliphatic rings. The van der Waals surface area contributed by atoms with E-state index in [0.717, 1.165) is 0 Å². The molecule has 1 saturated heterocycles. The van der Waals surface area contributed by atoms with Gasteiger partial charge < -0.3 is 35.8 Å². The summed E-state index contributed by atoms with van der Waals surface area (Å²) in [4.78, 5) is 10.9. The van der Waals surface area contributed by atoms with E-state index in [9.17, 15) is 25.2 Å². The summed E-state index contributed by atoms with van der Waals surface area (Å²) in [5.41, 5.74) is 0. The first-order valence-electron chi connectivity index (χ1n) is 4.80. The molecule has 1 unspecified atom stereocenters. The number of rotatable bonds is 2. The maximum atomic E-state index is 10.9. The van der Waals surface area contributed by atoms with Gasteiger partial charge in [-0.2, -0.15) is 0 Å². The molecule has 0 radical (unpaired) electrons. The highest BCUT2D eigenvalue weighted by Gasteiger charge is 2.42. The Morgan fingerprint density at radius 1 is 1.19 bits per heavy atom. The second-order valence-corrected chi connectivity index (χ2v) is 3.50. The van der Waals surface area contributed by atoms with Crippen LogP contribution < -0.4 is 10.6 Å². The van der Waals surface area contributed by atoms with Gasteiger partial charge in [0.2, 0.25) is 0 Å². The average molecular weight is 236 g/mol. The van der Waals surface area contributed by atoms with Crippen LogP contribution in [0.5, 0.6) is 0 Å². The van der Waals surface area contributed by atoms with E-state index in [2.05, 4.69) is 10.6 Å². The highest BCUT2D eigenvalue weighted by atomic mass is 16.6. The maximum absolute atomic E-state index is 10.9. The van der Waals surface area contributed by atoms with Crippen LogP contribution in [0.15, 0.2) is 0 Å². The molecule has 0 bridgehead atoms. The van der Waals surface area contributed by atoms with Gasteiger partial charge in [-0.05, 0) is 0 Å². The number of nitrogens with one attached hydrogen (secondary N) is 2. The predicted molar refractivity (Wildman–Crippen MR) is 51.4 cm³/mol. The molecule has 0 aliphatic carbocycles. The van der Waals surface area contributed by atoms with Gasteiger partial charge in [-0.3, -0.25) is 0 Å². The molecule has 5 atom stereocenters. The van der Waals surface area contributed by atoms with E-state index in [0.29, 0.717) is 0 Å². The molecule has 2 amide bonds. The zero-order chi connectivity index (χ0) is 12.3. The number of amides is 2. The summed E-state index contributed by atoms with van der Waals surface area (Å²) < 4.78 is 4.83. The lowest BCUT2D eigenvalue weighted by Gasteiger charge is -2.38. The molecule has 0 aromatic carbocycles. The number of carbonyl (C=O) groups excluding carboxylic acids is 1. The summed E-state index contributed by atoms with van der Waals surface area (Å²) in [5.74, 6) is 0. The Kier molecular flexibility index (Phi) is 4.44. The van der Waals surface area contributed by atoms with Crippen LogP contribution in [0, 0.1) is 0 Å². The van der Waals surface area contributed by atoms with Crippen molar-refractivity contribution in [1.82, 2.24) is 10.6 Å². The fraction of sp³-hybridized carbons (Fsp3) is 0.875. The molecule has 94 valence electrons. The second kappa shape index (κ2) is 5.41. The van der Waals surface area contributed by atoms with Gasteiger partial charge in [-0.15, -0.1) is 0 Å². The van der Waals surface area contributed by atoms with Gasteiger partial charge >= 0.3 is 6.03 Å². The molecular formula is C8H16N2O6. The van der Waals surface area contributed by atoms with Crippen molar-refractivity contribution in [2.24, 2.45) is 0 Å². The van der Waals surface area contributed by atoms with Gasteiger partial charge in [0.25, 0.3) is 0 Å². The molecule has 0 saturated carbocycles. The molecule has 1 rings (SSSR count). The Morgan fingerprint density at radius 3 is 2.38 bits per heavy atom. The van der Waals surface area contributed by atoms with Crippen molar-refractivity contribution < 1.29 is 30.0 Å². The van der Waals surface area contributed by atoms with Crippen molar-refractivity contribution in [2.45, 2.75) is 30.7 Å². The van der Waals surface area contributed by atoms with Crippen LogP contribution in [0.25, 0.3) is 0 Å². The lowest BCUT2D eigenvalue weighted by atomic mass is 9.99. The third-order valence-corrected chi connectivity index (χ3v) is 2.38. The Balaban J connectivity index is 2.50. The van der Waals surface area contributed by atoms with Crippen molar-refractivity contribution in [1.29, 1.82) is 0 Å². The van der Waals surface area contributed by atoms with E-state index >= 15 is 0 Å². The summed E-state index contributed by atoms with van der Waals surface area (Å²) >= 11 is 0. The zero-order valence-corrected chi connectivity index (χ0v) is 8.70. The van der Waals surface area contributed by atoms with Crippen LogP contribution >= 0.6 is 0 Å². The number of aliphatic hydroxyl groups excluding tert-OH is 4. The van der Waals surface area contributed by atoms with Crippen molar-refractivity contribution in [3.05, 3.63) is 0 Å². The monoisotopic (exact) mass is 236 g/mol. The van der Waals surface area contributed by atoms with Gasteiger partial charge in [0.05, 0.1) is 0 Å². The van der Waals surface area contributed by atoms with Crippen LogP contribution in [-0.4, -0.2) is 70.8 Å². The molecule has 0 aromatic heterocycles. The van der Waals surface area contributed by atoms with Crippen LogP contribution in [0.1, 0.15) is 0 Å². The summed E-state index contributed by atoms with van der Waals surface area (Å²) in [6.45, 7) is -0.0956. The van der Waals surface area contributed by atoms with E-state index in [1.54, 1.807) is 0 Å². The van der Waals surface area contributed by atoms with Gasteiger partial charge in [-0.25, -0.2) is 4.79 Å². The molecule has 8 heteroatoms. The molecular weight excluding hydrogens is 220 g/mol. The fourth-order valence-electron chi connectivity index (χ4n) is 1.38. The van der Waals surface area contributed by atoms with Gasteiger partial charge in [0.1, 0.15) is 24.4 Å². The smallest absolute Gasteiger partial charge is 0.314 e. The zero-order valence-electron chi connectivity index (χ0n) is 8.70.